The van der Waals surface area contributed by atoms with Crippen LogP contribution in [-0.2, 0) is 13.0 Å². The van der Waals surface area contributed by atoms with Crippen LogP contribution >= 0.6 is 0 Å². The summed E-state index contributed by atoms with van der Waals surface area (Å²) >= 11 is 0. The normalized spacial score (nSPS) is 17.4. The number of rotatable bonds is 10. The van der Waals surface area contributed by atoms with Crippen molar-refractivity contribution in [3.05, 3.63) is 35.4 Å². The highest BCUT2D eigenvalue weighted by Gasteiger charge is 2.21. The molecule has 0 saturated carbocycles. The van der Waals surface area contributed by atoms with Crippen LogP contribution in [0.3, 0.4) is 0 Å². The zero-order chi connectivity index (χ0) is 19.9. The molecule has 1 aromatic carbocycles. The molecule has 0 amide bonds. The Morgan fingerprint density at radius 1 is 0.741 bits per heavy atom. The van der Waals surface area contributed by atoms with Crippen LogP contribution in [-0.4, -0.2) is 42.5 Å². The number of nitrogens with zero attached hydrogens (tertiary/aromatic N) is 2. The molecule has 0 aliphatic carbocycles. The van der Waals surface area contributed by atoms with Crippen molar-refractivity contribution in [3.8, 4) is 0 Å². The van der Waals surface area contributed by atoms with Crippen LogP contribution in [0.25, 0.3) is 0 Å². The van der Waals surface area contributed by atoms with Crippen LogP contribution in [0, 0.1) is 10.8 Å². The Balaban J connectivity index is 1.75. The van der Waals surface area contributed by atoms with Crippen LogP contribution < -0.4 is 0 Å². The molecule has 0 atom stereocenters. The average molecular weight is 373 g/mol. The van der Waals surface area contributed by atoms with E-state index >= 15 is 0 Å². The molecule has 0 bridgehead atoms. The molecule has 2 rings (SSSR count). The maximum atomic E-state index is 2.66. The van der Waals surface area contributed by atoms with Crippen molar-refractivity contribution in [2.24, 2.45) is 10.8 Å². The first kappa shape index (κ1) is 22.4. The summed E-state index contributed by atoms with van der Waals surface area (Å²) in [6, 6.07) is 9.42. The molecule has 1 fully saturated rings. The molecule has 0 aromatic heterocycles. The number of benzene rings is 1. The second-order valence-electron chi connectivity index (χ2n) is 10.3. The fraction of sp³-hybridized carbons (Fsp3) is 0.760. The van der Waals surface area contributed by atoms with Crippen molar-refractivity contribution in [3.63, 3.8) is 0 Å². The van der Waals surface area contributed by atoms with Gasteiger partial charge in [0.15, 0.2) is 0 Å². The molecule has 2 nitrogen and oxygen atoms in total. The van der Waals surface area contributed by atoms with Crippen molar-refractivity contribution in [1.29, 1.82) is 0 Å². The Labute approximate surface area is 169 Å². The number of piperazine rings is 1. The third-order valence-electron chi connectivity index (χ3n) is 6.57. The summed E-state index contributed by atoms with van der Waals surface area (Å²) in [6.45, 7) is 21.4. The van der Waals surface area contributed by atoms with E-state index in [1.165, 1.54) is 76.0 Å². The first-order valence-electron chi connectivity index (χ1n) is 11.3. The molecule has 27 heavy (non-hydrogen) atoms. The molecule has 0 spiro atoms. The standard InChI is InChI=1S/C25H44N2/c1-7-13-25(5,6)20-22-9-11-23(12-10-22)21-27-18-16-26(17-19-27)15-14-24(3,4)8-2/h9-12H,7-8,13-21H2,1-6H3. The van der Waals surface area contributed by atoms with E-state index in [0.29, 0.717) is 10.8 Å². The van der Waals surface area contributed by atoms with Crippen LogP contribution in [0.2, 0.25) is 0 Å². The van der Waals surface area contributed by atoms with E-state index in [4.69, 9.17) is 0 Å². The van der Waals surface area contributed by atoms with Gasteiger partial charge in [0.1, 0.15) is 0 Å². The van der Waals surface area contributed by atoms with Crippen LogP contribution in [0.4, 0.5) is 0 Å². The minimum Gasteiger partial charge on any atom is -0.301 e. The third kappa shape index (κ3) is 7.95. The van der Waals surface area contributed by atoms with Gasteiger partial charge in [-0.3, -0.25) is 4.90 Å². The SMILES string of the molecule is CCCC(C)(C)Cc1ccc(CN2CCN(CCC(C)(C)CC)CC2)cc1. The predicted octanol–water partition coefficient (Wildman–Crippen LogP) is 6.00. The largest absolute Gasteiger partial charge is 0.301 e. The molecule has 0 unspecified atom stereocenters. The van der Waals surface area contributed by atoms with Crippen molar-refractivity contribution in [1.82, 2.24) is 9.80 Å². The number of hydrogen-bond donors (Lipinski definition) is 0. The molecule has 1 aliphatic rings. The third-order valence-corrected chi connectivity index (χ3v) is 6.57. The summed E-state index contributed by atoms with van der Waals surface area (Å²) in [5.41, 5.74) is 3.86. The Kier molecular flexibility index (Phi) is 8.37. The van der Waals surface area contributed by atoms with Gasteiger partial charge in [0.05, 0.1) is 0 Å². The van der Waals surface area contributed by atoms with Crippen molar-refractivity contribution in [2.45, 2.75) is 80.2 Å². The molecule has 2 heteroatoms. The summed E-state index contributed by atoms with van der Waals surface area (Å²) in [5.74, 6) is 0. The molecule has 1 saturated heterocycles. The maximum Gasteiger partial charge on any atom is 0.0234 e. The van der Waals surface area contributed by atoms with Gasteiger partial charge < -0.3 is 4.90 Å². The van der Waals surface area contributed by atoms with E-state index in [2.05, 4.69) is 75.6 Å². The highest BCUT2D eigenvalue weighted by atomic mass is 15.3. The van der Waals surface area contributed by atoms with Gasteiger partial charge in [-0.15, -0.1) is 0 Å². The van der Waals surface area contributed by atoms with E-state index in [1.54, 1.807) is 0 Å². The smallest absolute Gasteiger partial charge is 0.0234 e. The number of hydrogen-bond acceptors (Lipinski definition) is 2. The monoisotopic (exact) mass is 372 g/mol. The lowest BCUT2D eigenvalue weighted by Gasteiger charge is -2.36. The van der Waals surface area contributed by atoms with Gasteiger partial charge in [-0.25, -0.2) is 0 Å². The van der Waals surface area contributed by atoms with Crippen LogP contribution in [0.15, 0.2) is 24.3 Å². The van der Waals surface area contributed by atoms with Crippen molar-refractivity contribution < 1.29 is 0 Å². The molecule has 0 N–H and O–H groups in total. The van der Waals surface area contributed by atoms with E-state index in [9.17, 15) is 0 Å². The maximum absolute atomic E-state index is 2.66. The Morgan fingerprint density at radius 3 is 1.85 bits per heavy atom. The molecule has 0 radical (unpaired) electrons. The van der Waals surface area contributed by atoms with E-state index in [0.717, 1.165) is 6.54 Å². The summed E-state index contributed by atoms with van der Waals surface area (Å²) in [6.07, 6.45) is 6.35. The molecular formula is C25H44N2. The highest BCUT2D eigenvalue weighted by molar-refractivity contribution is 5.23. The summed E-state index contributed by atoms with van der Waals surface area (Å²) in [5, 5.41) is 0. The van der Waals surface area contributed by atoms with Gasteiger partial charge in [-0.05, 0) is 47.8 Å². The molecule has 1 heterocycles. The highest BCUT2D eigenvalue weighted by Crippen LogP contribution is 2.27. The lowest BCUT2D eigenvalue weighted by Crippen LogP contribution is -2.46. The predicted molar refractivity (Wildman–Crippen MR) is 119 cm³/mol. The minimum atomic E-state index is 0.416. The lowest BCUT2D eigenvalue weighted by molar-refractivity contribution is 0.114. The second-order valence-corrected chi connectivity index (χ2v) is 10.3. The Morgan fingerprint density at radius 2 is 1.30 bits per heavy atom. The Bertz CT molecular complexity index is 536. The van der Waals surface area contributed by atoms with Gasteiger partial charge in [0.2, 0.25) is 0 Å². The lowest BCUT2D eigenvalue weighted by atomic mass is 9.82. The zero-order valence-electron chi connectivity index (χ0n) is 19.0. The van der Waals surface area contributed by atoms with Crippen molar-refractivity contribution >= 4 is 0 Å². The summed E-state index contributed by atoms with van der Waals surface area (Å²) in [4.78, 5) is 5.28. The fourth-order valence-corrected chi connectivity index (χ4v) is 4.15. The first-order chi connectivity index (χ1) is 12.7. The second kappa shape index (κ2) is 10.1. The van der Waals surface area contributed by atoms with Crippen molar-refractivity contribution in [2.75, 3.05) is 32.7 Å². The van der Waals surface area contributed by atoms with E-state index < -0.39 is 0 Å². The van der Waals surface area contributed by atoms with Crippen LogP contribution in [0.1, 0.15) is 78.4 Å². The Hall–Kier alpha value is -0.860. The van der Waals surface area contributed by atoms with Gasteiger partial charge in [-0.2, -0.15) is 0 Å². The minimum absolute atomic E-state index is 0.416. The van der Waals surface area contributed by atoms with E-state index in [-0.39, 0.29) is 0 Å². The average Bonchev–Trinajstić information content (AvgIpc) is 2.62. The quantitative estimate of drug-likeness (QED) is 0.497. The summed E-state index contributed by atoms with van der Waals surface area (Å²) < 4.78 is 0. The van der Waals surface area contributed by atoms with Crippen LogP contribution in [0.5, 0.6) is 0 Å². The van der Waals surface area contributed by atoms with Gasteiger partial charge in [-0.1, -0.05) is 78.6 Å². The van der Waals surface area contributed by atoms with Gasteiger partial charge in [0, 0.05) is 32.7 Å². The summed E-state index contributed by atoms with van der Waals surface area (Å²) in [7, 11) is 0. The van der Waals surface area contributed by atoms with Gasteiger partial charge in [0.25, 0.3) is 0 Å². The molecular weight excluding hydrogens is 328 g/mol. The molecule has 154 valence electrons. The molecule has 1 aromatic rings. The fourth-order valence-electron chi connectivity index (χ4n) is 4.15. The topological polar surface area (TPSA) is 6.48 Å². The van der Waals surface area contributed by atoms with Gasteiger partial charge >= 0.3 is 0 Å². The van der Waals surface area contributed by atoms with E-state index in [1.807, 2.05) is 0 Å². The molecule has 1 aliphatic heterocycles. The first-order valence-corrected chi connectivity index (χ1v) is 11.3. The zero-order valence-corrected chi connectivity index (χ0v) is 19.0.